The van der Waals surface area contributed by atoms with Crippen LogP contribution >= 0.6 is 0 Å². The van der Waals surface area contributed by atoms with Crippen LogP contribution in [0.15, 0.2) is 82.6 Å². The number of hydrogen-bond acceptors (Lipinski definition) is 4. The minimum Gasteiger partial charge on any atom is -0.489 e. The highest BCUT2D eigenvalue weighted by molar-refractivity contribution is 7.95. The van der Waals surface area contributed by atoms with E-state index in [1.807, 2.05) is 0 Å². The van der Waals surface area contributed by atoms with Crippen molar-refractivity contribution in [1.29, 1.82) is 5.26 Å². The van der Waals surface area contributed by atoms with Crippen LogP contribution in [-0.2, 0) is 16.4 Å². The topological polar surface area (TPSA) is 67.2 Å². The SMILES string of the molecule is N#C/C(=C/c1ccc(OCc2cc(F)cc(F)c2)cc1)S(=O)(=O)c1ccccc1. The van der Waals surface area contributed by atoms with E-state index >= 15 is 0 Å². The van der Waals surface area contributed by atoms with Crippen molar-refractivity contribution in [2.45, 2.75) is 11.5 Å². The standard InChI is InChI=1S/C22H15F2NO3S/c23-18-10-17(11-19(24)13-18)15-28-20-8-6-16(7-9-20)12-22(14-25)29(26,27)21-4-2-1-3-5-21/h1-13H,15H2/b22-12-. The predicted molar refractivity (Wildman–Crippen MR) is 104 cm³/mol. The number of sulfone groups is 1. The molecule has 0 aliphatic heterocycles. The molecule has 0 unspecified atom stereocenters. The lowest BCUT2D eigenvalue weighted by atomic mass is 10.2. The zero-order valence-corrected chi connectivity index (χ0v) is 15.9. The predicted octanol–water partition coefficient (Wildman–Crippen LogP) is 4.88. The van der Waals surface area contributed by atoms with Crippen molar-refractivity contribution in [3.8, 4) is 11.8 Å². The van der Waals surface area contributed by atoms with E-state index < -0.39 is 21.5 Å². The molecule has 0 N–H and O–H groups in total. The number of rotatable bonds is 6. The Morgan fingerprint density at radius 3 is 2.17 bits per heavy atom. The summed E-state index contributed by atoms with van der Waals surface area (Å²) in [6.07, 6.45) is 1.27. The van der Waals surface area contributed by atoms with Gasteiger partial charge in [-0.1, -0.05) is 30.3 Å². The van der Waals surface area contributed by atoms with Gasteiger partial charge < -0.3 is 4.74 Å². The minimum absolute atomic E-state index is 0.0320. The summed E-state index contributed by atoms with van der Waals surface area (Å²) < 4.78 is 57.0. The lowest BCUT2D eigenvalue weighted by Crippen LogP contribution is -2.03. The molecule has 146 valence electrons. The molecule has 7 heteroatoms. The molecule has 0 atom stereocenters. The van der Waals surface area contributed by atoms with Crippen molar-refractivity contribution in [3.63, 3.8) is 0 Å². The van der Waals surface area contributed by atoms with Crippen molar-refractivity contribution in [3.05, 3.63) is 100 Å². The fourth-order valence-corrected chi connectivity index (χ4v) is 3.75. The van der Waals surface area contributed by atoms with Crippen LogP contribution < -0.4 is 4.74 Å². The smallest absolute Gasteiger partial charge is 0.216 e. The molecule has 3 aromatic carbocycles. The minimum atomic E-state index is -3.92. The van der Waals surface area contributed by atoms with Crippen molar-refractivity contribution in [1.82, 2.24) is 0 Å². The van der Waals surface area contributed by atoms with E-state index in [0.29, 0.717) is 16.9 Å². The summed E-state index contributed by atoms with van der Waals surface area (Å²) in [5.41, 5.74) is 0.831. The van der Waals surface area contributed by atoms with Gasteiger partial charge >= 0.3 is 0 Å². The average molecular weight is 411 g/mol. The molecule has 29 heavy (non-hydrogen) atoms. The third-order valence-electron chi connectivity index (χ3n) is 3.96. The molecule has 3 rings (SSSR count). The van der Waals surface area contributed by atoms with Crippen LogP contribution in [0.2, 0.25) is 0 Å². The lowest BCUT2D eigenvalue weighted by Gasteiger charge is -2.07. The van der Waals surface area contributed by atoms with Crippen molar-refractivity contribution >= 4 is 15.9 Å². The molecular formula is C22H15F2NO3S. The summed E-state index contributed by atoms with van der Waals surface area (Å²) in [6, 6.07) is 18.9. The van der Waals surface area contributed by atoms with Crippen molar-refractivity contribution < 1.29 is 21.9 Å². The van der Waals surface area contributed by atoms with E-state index in [4.69, 9.17) is 4.74 Å². The number of nitriles is 1. The number of hydrogen-bond donors (Lipinski definition) is 0. The molecule has 0 radical (unpaired) electrons. The average Bonchev–Trinajstić information content (AvgIpc) is 2.71. The maximum Gasteiger partial charge on any atom is 0.216 e. The molecule has 0 amide bonds. The van der Waals surface area contributed by atoms with Gasteiger partial charge in [0.05, 0.1) is 4.90 Å². The van der Waals surface area contributed by atoms with Crippen LogP contribution in [0.3, 0.4) is 0 Å². The molecule has 0 saturated heterocycles. The molecule has 0 aromatic heterocycles. The van der Waals surface area contributed by atoms with E-state index in [9.17, 15) is 22.5 Å². The first-order valence-electron chi connectivity index (χ1n) is 8.48. The van der Waals surface area contributed by atoms with Crippen LogP contribution in [0, 0.1) is 23.0 Å². The van der Waals surface area contributed by atoms with E-state index in [1.54, 1.807) is 48.5 Å². The van der Waals surface area contributed by atoms with E-state index in [2.05, 4.69) is 0 Å². The van der Waals surface area contributed by atoms with Crippen LogP contribution in [0.1, 0.15) is 11.1 Å². The summed E-state index contributed by atoms with van der Waals surface area (Å²) in [6.45, 7) is -0.0320. The summed E-state index contributed by atoms with van der Waals surface area (Å²) >= 11 is 0. The molecule has 4 nitrogen and oxygen atoms in total. The van der Waals surface area contributed by atoms with Gasteiger partial charge in [0.2, 0.25) is 9.84 Å². The molecule has 0 aliphatic rings. The Morgan fingerprint density at radius 1 is 0.966 bits per heavy atom. The molecule has 0 bridgehead atoms. The highest BCUT2D eigenvalue weighted by Gasteiger charge is 2.20. The Balaban J connectivity index is 1.76. The van der Waals surface area contributed by atoms with Crippen LogP contribution in [0.4, 0.5) is 8.78 Å². The van der Waals surface area contributed by atoms with E-state index in [-0.39, 0.29) is 16.4 Å². The highest BCUT2D eigenvalue weighted by Crippen LogP contribution is 2.22. The number of benzene rings is 3. The molecule has 0 saturated carbocycles. The Bertz CT molecular complexity index is 1160. The van der Waals surface area contributed by atoms with Gasteiger partial charge in [0.1, 0.15) is 35.0 Å². The quantitative estimate of drug-likeness (QED) is 0.542. The second-order valence-corrected chi connectivity index (χ2v) is 7.99. The molecule has 0 heterocycles. The third kappa shape index (κ3) is 5.06. The summed E-state index contributed by atoms with van der Waals surface area (Å²) in [5, 5.41) is 9.31. The second kappa shape index (κ2) is 8.67. The summed E-state index contributed by atoms with van der Waals surface area (Å²) in [7, 11) is -3.92. The van der Waals surface area contributed by atoms with Gasteiger partial charge in [-0.05, 0) is 53.6 Å². The Hall–Kier alpha value is -3.50. The maximum atomic E-state index is 13.2. The van der Waals surface area contributed by atoms with E-state index in [1.165, 1.54) is 30.3 Å². The van der Waals surface area contributed by atoms with Gasteiger partial charge in [-0.3, -0.25) is 0 Å². The monoisotopic (exact) mass is 411 g/mol. The Kier molecular flexibility index (Phi) is 6.05. The molecule has 0 aliphatic carbocycles. The van der Waals surface area contributed by atoms with Gasteiger partial charge in [0.25, 0.3) is 0 Å². The van der Waals surface area contributed by atoms with Gasteiger partial charge in [-0.2, -0.15) is 5.26 Å². The van der Waals surface area contributed by atoms with E-state index in [0.717, 1.165) is 6.07 Å². The molecular weight excluding hydrogens is 396 g/mol. The largest absolute Gasteiger partial charge is 0.489 e. The Morgan fingerprint density at radius 2 is 1.59 bits per heavy atom. The van der Waals surface area contributed by atoms with Crippen molar-refractivity contribution in [2.75, 3.05) is 0 Å². The molecule has 0 spiro atoms. The number of allylic oxidation sites excluding steroid dienone is 1. The van der Waals surface area contributed by atoms with Crippen molar-refractivity contribution in [2.24, 2.45) is 0 Å². The van der Waals surface area contributed by atoms with Gasteiger partial charge in [-0.25, -0.2) is 17.2 Å². The fraction of sp³-hybridized carbons (Fsp3) is 0.0455. The normalized spacial score (nSPS) is 11.7. The lowest BCUT2D eigenvalue weighted by molar-refractivity contribution is 0.305. The number of nitrogens with zero attached hydrogens (tertiary/aromatic N) is 1. The summed E-state index contributed by atoms with van der Waals surface area (Å²) in [4.78, 5) is -0.345. The zero-order chi connectivity index (χ0) is 20.9. The van der Waals surface area contributed by atoms with Crippen LogP contribution in [0.5, 0.6) is 5.75 Å². The first-order chi connectivity index (χ1) is 13.9. The number of ether oxygens (including phenoxy) is 1. The van der Waals surface area contributed by atoms with Gasteiger partial charge in [-0.15, -0.1) is 0 Å². The van der Waals surface area contributed by atoms with Crippen LogP contribution in [0.25, 0.3) is 6.08 Å². The van der Waals surface area contributed by atoms with Gasteiger partial charge in [0.15, 0.2) is 0 Å². The van der Waals surface area contributed by atoms with Crippen LogP contribution in [-0.4, -0.2) is 8.42 Å². The first kappa shape index (κ1) is 20.2. The molecule has 0 fully saturated rings. The first-order valence-corrected chi connectivity index (χ1v) is 9.96. The maximum absolute atomic E-state index is 13.2. The fourth-order valence-electron chi connectivity index (χ4n) is 2.57. The number of halogens is 2. The van der Waals surface area contributed by atoms with Gasteiger partial charge in [0, 0.05) is 6.07 Å². The summed E-state index contributed by atoms with van der Waals surface area (Å²) in [5.74, 6) is -0.947. The second-order valence-electron chi connectivity index (χ2n) is 6.07. The Labute approximate surface area is 167 Å². The highest BCUT2D eigenvalue weighted by atomic mass is 32.2. The zero-order valence-electron chi connectivity index (χ0n) is 15.0. The third-order valence-corrected chi connectivity index (χ3v) is 5.64. The molecule has 3 aromatic rings.